The van der Waals surface area contributed by atoms with Crippen LogP contribution in [-0.4, -0.2) is 19.8 Å². The van der Waals surface area contributed by atoms with Gasteiger partial charge in [-0.2, -0.15) is 0 Å². The smallest absolute Gasteiger partial charge is 0.328 e. The van der Waals surface area contributed by atoms with Crippen LogP contribution < -0.4 is 4.31 Å². The molecule has 0 aliphatic carbocycles. The zero-order chi connectivity index (χ0) is 15.2. The first kappa shape index (κ1) is 15.0. The van der Waals surface area contributed by atoms with Gasteiger partial charge in [0.2, 0.25) is 0 Å². The summed E-state index contributed by atoms with van der Waals surface area (Å²) in [6, 6.07) is 15.2. The van der Waals surface area contributed by atoms with Crippen LogP contribution in [0.25, 0.3) is 6.08 Å². The molecule has 0 bridgehead atoms. The van der Waals surface area contributed by atoms with Gasteiger partial charge in [-0.3, -0.25) is 8.51 Å². The maximum absolute atomic E-state index is 11.5. The number of hydrogen-bond donors (Lipinski definition) is 1. The van der Waals surface area contributed by atoms with Crippen LogP contribution >= 0.6 is 0 Å². The third-order valence-electron chi connectivity index (χ3n) is 2.66. The van der Waals surface area contributed by atoms with Gasteiger partial charge in [0.05, 0.1) is 22.6 Å². The molecule has 0 aromatic heterocycles. The van der Waals surface area contributed by atoms with E-state index < -0.39 is 17.2 Å². The SMILES string of the molecule is O=C(O)C=Cc1cccc(N(c2ccccc2)S(=O)[O-])c1. The fourth-order valence-corrected chi connectivity index (χ4v) is 2.39. The van der Waals surface area contributed by atoms with Crippen LogP contribution in [-0.2, 0) is 16.1 Å². The summed E-state index contributed by atoms with van der Waals surface area (Å²) in [5.41, 5.74) is 1.54. The first-order valence-corrected chi connectivity index (χ1v) is 7.07. The van der Waals surface area contributed by atoms with E-state index in [1.54, 1.807) is 54.6 Å². The number of para-hydroxylation sites is 1. The summed E-state index contributed by atoms with van der Waals surface area (Å²) in [6.45, 7) is 0. The molecule has 1 unspecified atom stereocenters. The van der Waals surface area contributed by atoms with Gasteiger partial charge in [0.15, 0.2) is 0 Å². The fraction of sp³-hybridized carbons (Fsp3) is 0. The molecule has 1 atom stereocenters. The second-order valence-corrected chi connectivity index (χ2v) is 4.91. The zero-order valence-corrected chi connectivity index (χ0v) is 11.7. The summed E-state index contributed by atoms with van der Waals surface area (Å²) in [4.78, 5) is 10.5. The third kappa shape index (κ3) is 4.01. The molecule has 2 aromatic rings. The van der Waals surface area contributed by atoms with Gasteiger partial charge in [-0.15, -0.1) is 0 Å². The molecular weight excluding hydrogens is 290 g/mol. The molecule has 0 saturated carbocycles. The van der Waals surface area contributed by atoms with Gasteiger partial charge >= 0.3 is 5.97 Å². The lowest BCUT2D eigenvalue weighted by atomic mass is 10.2. The molecule has 21 heavy (non-hydrogen) atoms. The number of carboxylic acids is 1. The Morgan fingerprint density at radius 3 is 2.38 bits per heavy atom. The van der Waals surface area contributed by atoms with Gasteiger partial charge in [0, 0.05) is 6.08 Å². The number of anilines is 2. The normalized spacial score (nSPS) is 12.2. The average molecular weight is 302 g/mol. The van der Waals surface area contributed by atoms with Crippen molar-refractivity contribution in [1.29, 1.82) is 0 Å². The Bertz CT molecular complexity index is 685. The van der Waals surface area contributed by atoms with Crippen molar-refractivity contribution < 1.29 is 18.7 Å². The molecule has 1 N–H and O–H groups in total. The van der Waals surface area contributed by atoms with E-state index in [-0.39, 0.29) is 0 Å². The van der Waals surface area contributed by atoms with Crippen molar-refractivity contribution in [2.45, 2.75) is 0 Å². The quantitative estimate of drug-likeness (QED) is 0.680. The van der Waals surface area contributed by atoms with Crippen LogP contribution in [0.2, 0.25) is 0 Å². The molecule has 0 amide bonds. The molecule has 0 heterocycles. The van der Waals surface area contributed by atoms with Crippen LogP contribution in [0.15, 0.2) is 60.7 Å². The molecule has 2 rings (SSSR count). The first-order valence-electron chi connectivity index (χ1n) is 6.03. The number of carboxylic acid groups (broad SMARTS) is 1. The van der Waals surface area contributed by atoms with Crippen LogP contribution in [0.3, 0.4) is 0 Å². The lowest BCUT2D eigenvalue weighted by molar-refractivity contribution is -0.131. The summed E-state index contributed by atoms with van der Waals surface area (Å²) in [6.07, 6.45) is 2.41. The summed E-state index contributed by atoms with van der Waals surface area (Å²) in [7, 11) is 0. The second-order valence-electron chi connectivity index (χ2n) is 4.11. The highest BCUT2D eigenvalue weighted by Crippen LogP contribution is 2.27. The number of carbonyl (C=O) groups is 1. The Labute approximate surface area is 124 Å². The second kappa shape index (κ2) is 6.83. The number of rotatable bonds is 5. The average Bonchev–Trinajstić information content (AvgIpc) is 2.46. The van der Waals surface area contributed by atoms with Crippen LogP contribution in [0, 0.1) is 0 Å². The van der Waals surface area contributed by atoms with Crippen molar-refractivity contribution in [3.05, 3.63) is 66.2 Å². The molecule has 0 aliphatic heterocycles. The summed E-state index contributed by atoms with van der Waals surface area (Å²) in [5, 5.41) is 8.62. The van der Waals surface area contributed by atoms with Gasteiger partial charge in [-0.05, 0) is 35.9 Å². The van der Waals surface area contributed by atoms with E-state index in [9.17, 15) is 13.6 Å². The van der Waals surface area contributed by atoms with E-state index >= 15 is 0 Å². The molecule has 2 aromatic carbocycles. The largest absolute Gasteiger partial charge is 0.755 e. The highest BCUT2D eigenvalue weighted by molar-refractivity contribution is 7.81. The highest BCUT2D eigenvalue weighted by Gasteiger charge is 2.09. The lowest BCUT2D eigenvalue weighted by Crippen LogP contribution is -2.19. The summed E-state index contributed by atoms with van der Waals surface area (Å²) in [5.74, 6) is -1.06. The number of nitrogens with zero attached hydrogens (tertiary/aromatic N) is 1. The monoisotopic (exact) mass is 302 g/mol. The Morgan fingerprint density at radius 1 is 1.10 bits per heavy atom. The van der Waals surface area contributed by atoms with E-state index in [1.165, 1.54) is 6.08 Å². The predicted molar refractivity (Wildman–Crippen MR) is 80.6 cm³/mol. The molecule has 6 heteroatoms. The Kier molecular flexibility index (Phi) is 4.86. The minimum atomic E-state index is -2.48. The van der Waals surface area contributed by atoms with Crippen molar-refractivity contribution in [2.24, 2.45) is 0 Å². The highest BCUT2D eigenvalue weighted by atomic mass is 32.2. The molecule has 0 saturated heterocycles. The van der Waals surface area contributed by atoms with Gasteiger partial charge in [0.25, 0.3) is 0 Å². The van der Waals surface area contributed by atoms with E-state index in [2.05, 4.69) is 0 Å². The molecule has 0 aliphatic rings. The van der Waals surface area contributed by atoms with E-state index in [0.29, 0.717) is 16.9 Å². The van der Waals surface area contributed by atoms with Crippen molar-refractivity contribution in [2.75, 3.05) is 4.31 Å². The van der Waals surface area contributed by atoms with Gasteiger partial charge < -0.3 is 9.66 Å². The van der Waals surface area contributed by atoms with Gasteiger partial charge in [-0.1, -0.05) is 30.3 Å². The van der Waals surface area contributed by atoms with Crippen molar-refractivity contribution in [3.63, 3.8) is 0 Å². The van der Waals surface area contributed by atoms with Crippen LogP contribution in [0.4, 0.5) is 11.4 Å². The molecular formula is C15H12NO4S-. The van der Waals surface area contributed by atoms with E-state index in [0.717, 1.165) is 10.4 Å². The van der Waals surface area contributed by atoms with Crippen LogP contribution in [0.1, 0.15) is 5.56 Å². The van der Waals surface area contributed by atoms with E-state index in [4.69, 9.17) is 5.11 Å². The molecule has 0 spiro atoms. The minimum absolute atomic E-state index is 0.432. The summed E-state index contributed by atoms with van der Waals surface area (Å²) >= 11 is -2.48. The first-order chi connectivity index (χ1) is 10.1. The van der Waals surface area contributed by atoms with Crippen LogP contribution in [0.5, 0.6) is 0 Å². The maximum atomic E-state index is 11.5. The Morgan fingerprint density at radius 2 is 1.76 bits per heavy atom. The maximum Gasteiger partial charge on any atom is 0.328 e. The predicted octanol–water partition coefficient (Wildman–Crippen LogP) is 2.72. The third-order valence-corrected chi connectivity index (χ3v) is 3.38. The molecule has 0 radical (unpaired) electrons. The van der Waals surface area contributed by atoms with Crippen molar-refractivity contribution in [1.82, 2.24) is 0 Å². The number of benzene rings is 2. The van der Waals surface area contributed by atoms with Crippen molar-refractivity contribution in [3.8, 4) is 0 Å². The standard InChI is InChI=1S/C15H13NO4S/c17-15(18)10-9-12-5-4-8-14(11-12)16(21(19)20)13-6-2-1-3-7-13/h1-11H,(H,17,18)(H,19,20)/p-1. The number of aliphatic carboxylic acids is 1. The fourth-order valence-electron chi connectivity index (χ4n) is 1.81. The van der Waals surface area contributed by atoms with Crippen molar-refractivity contribution >= 4 is 34.7 Å². The van der Waals surface area contributed by atoms with E-state index in [1.807, 2.05) is 0 Å². The molecule has 108 valence electrons. The Hall–Kier alpha value is -2.44. The molecule has 0 fully saturated rings. The summed E-state index contributed by atoms with van der Waals surface area (Å²) < 4.78 is 24.1. The molecule has 5 nitrogen and oxygen atoms in total. The number of hydrogen-bond acceptors (Lipinski definition) is 3. The zero-order valence-electron chi connectivity index (χ0n) is 10.9. The topological polar surface area (TPSA) is 80.7 Å². The van der Waals surface area contributed by atoms with Gasteiger partial charge in [0.1, 0.15) is 0 Å². The minimum Gasteiger partial charge on any atom is -0.755 e. The lowest BCUT2D eigenvalue weighted by Gasteiger charge is -2.26. The van der Waals surface area contributed by atoms with Gasteiger partial charge in [-0.25, -0.2) is 4.79 Å². The Balaban J connectivity index is 2.40.